The lowest BCUT2D eigenvalue weighted by Gasteiger charge is -2.06. The zero-order valence-corrected chi connectivity index (χ0v) is 9.78. The van der Waals surface area contributed by atoms with Crippen LogP contribution in [0.25, 0.3) is 6.08 Å². The summed E-state index contributed by atoms with van der Waals surface area (Å²) >= 11 is 6.79. The van der Waals surface area contributed by atoms with Crippen LogP contribution in [0.1, 0.15) is 5.56 Å². The molecule has 12 heavy (non-hydrogen) atoms. The van der Waals surface area contributed by atoms with E-state index in [0.717, 1.165) is 20.3 Å². The third-order valence-corrected chi connectivity index (χ3v) is 2.64. The summed E-state index contributed by atoms with van der Waals surface area (Å²) in [6.07, 6.45) is 1.79. The highest BCUT2D eigenvalue weighted by Crippen LogP contribution is 2.34. The van der Waals surface area contributed by atoms with E-state index in [0.29, 0.717) is 0 Å². The van der Waals surface area contributed by atoms with Crippen molar-refractivity contribution < 1.29 is 4.74 Å². The Morgan fingerprint density at radius 2 is 1.83 bits per heavy atom. The largest absolute Gasteiger partial charge is 0.494 e. The van der Waals surface area contributed by atoms with Crippen molar-refractivity contribution >= 4 is 37.9 Å². The standard InChI is InChI=1S/C9H8Br2O/c1-3-6-4-7(10)9(12-2)8(11)5-6/h3-5H,1H2,2H3. The van der Waals surface area contributed by atoms with Crippen molar-refractivity contribution in [1.29, 1.82) is 0 Å². The van der Waals surface area contributed by atoms with Crippen molar-refractivity contribution in [2.45, 2.75) is 0 Å². The molecule has 0 bridgehead atoms. The summed E-state index contributed by atoms with van der Waals surface area (Å²) in [7, 11) is 1.64. The van der Waals surface area contributed by atoms with Crippen LogP contribution in [0.2, 0.25) is 0 Å². The topological polar surface area (TPSA) is 9.23 Å². The number of hydrogen-bond donors (Lipinski definition) is 0. The Morgan fingerprint density at radius 3 is 2.17 bits per heavy atom. The lowest BCUT2D eigenvalue weighted by atomic mass is 10.2. The Bertz CT molecular complexity index is 284. The van der Waals surface area contributed by atoms with Crippen LogP contribution in [0.15, 0.2) is 27.7 Å². The first-order valence-electron chi connectivity index (χ1n) is 3.34. The van der Waals surface area contributed by atoms with Crippen molar-refractivity contribution in [2.75, 3.05) is 7.11 Å². The molecule has 1 aromatic rings. The quantitative estimate of drug-likeness (QED) is 0.804. The van der Waals surface area contributed by atoms with Crippen LogP contribution < -0.4 is 4.74 Å². The maximum absolute atomic E-state index is 5.15. The van der Waals surface area contributed by atoms with Gasteiger partial charge in [-0.3, -0.25) is 0 Å². The summed E-state index contributed by atoms with van der Waals surface area (Å²) in [5.74, 6) is 0.806. The van der Waals surface area contributed by atoms with E-state index in [1.54, 1.807) is 13.2 Å². The van der Waals surface area contributed by atoms with Crippen molar-refractivity contribution in [3.8, 4) is 5.75 Å². The van der Waals surface area contributed by atoms with E-state index in [1.807, 2.05) is 12.1 Å². The molecule has 64 valence electrons. The van der Waals surface area contributed by atoms with Gasteiger partial charge in [0.15, 0.2) is 0 Å². The van der Waals surface area contributed by atoms with Crippen LogP contribution in [-0.2, 0) is 0 Å². The second kappa shape index (κ2) is 4.10. The van der Waals surface area contributed by atoms with Gasteiger partial charge >= 0.3 is 0 Å². The molecule has 0 aromatic heterocycles. The molecule has 0 aliphatic carbocycles. The van der Waals surface area contributed by atoms with Gasteiger partial charge in [-0.05, 0) is 49.6 Å². The normalized spacial score (nSPS) is 9.58. The van der Waals surface area contributed by atoms with Gasteiger partial charge in [0.2, 0.25) is 0 Å². The Kier molecular flexibility index (Phi) is 3.35. The summed E-state index contributed by atoms with van der Waals surface area (Å²) < 4.78 is 7.00. The fraction of sp³-hybridized carbons (Fsp3) is 0.111. The summed E-state index contributed by atoms with van der Waals surface area (Å²) in [5.41, 5.74) is 1.05. The summed E-state index contributed by atoms with van der Waals surface area (Å²) in [6.45, 7) is 3.69. The van der Waals surface area contributed by atoms with Crippen LogP contribution in [0, 0.1) is 0 Å². The van der Waals surface area contributed by atoms with Gasteiger partial charge in [-0.2, -0.15) is 0 Å². The van der Waals surface area contributed by atoms with Gasteiger partial charge < -0.3 is 4.74 Å². The van der Waals surface area contributed by atoms with E-state index >= 15 is 0 Å². The predicted octanol–water partition coefficient (Wildman–Crippen LogP) is 3.86. The van der Waals surface area contributed by atoms with Crippen molar-refractivity contribution in [3.63, 3.8) is 0 Å². The van der Waals surface area contributed by atoms with Gasteiger partial charge in [-0.1, -0.05) is 12.7 Å². The Morgan fingerprint density at radius 1 is 1.33 bits per heavy atom. The minimum Gasteiger partial charge on any atom is -0.494 e. The van der Waals surface area contributed by atoms with Gasteiger partial charge in [-0.25, -0.2) is 0 Å². The first-order valence-corrected chi connectivity index (χ1v) is 4.93. The highest BCUT2D eigenvalue weighted by Gasteiger charge is 2.05. The molecular formula is C9H8Br2O. The number of rotatable bonds is 2. The van der Waals surface area contributed by atoms with Gasteiger partial charge in [0.05, 0.1) is 16.1 Å². The molecule has 0 aliphatic rings. The van der Waals surface area contributed by atoms with Crippen LogP contribution in [0.5, 0.6) is 5.75 Å². The summed E-state index contributed by atoms with van der Waals surface area (Å²) in [5, 5.41) is 0. The molecule has 0 radical (unpaired) electrons. The van der Waals surface area contributed by atoms with E-state index in [-0.39, 0.29) is 0 Å². The fourth-order valence-corrected chi connectivity index (χ4v) is 2.44. The second-order valence-corrected chi connectivity index (χ2v) is 3.93. The average Bonchev–Trinajstić information content (AvgIpc) is 2.03. The third kappa shape index (κ3) is 1.90. The van der Waals surface area contributed by atoms with Crippen molar-refractivity contribution in [2.24, 2.45) is 0 Å². The van der Waals surface area contributed by atoms with E-state index < -0.39 is 0 Å². The molecule has 1 rings (SSSR count). The monoisotopic (exact) mass is 290 g/mol. The molecule has 0 saturated carbocycles. The van der Waals surface area contributed by atoms with Crippen LogP contribution in [0.4, 0.5) is 0 Å². The highest BCUT2D eigenvalue weighted by atomic mass is 79.9. The number of ether oxygens (including phenoxy) is 1. The maximum Gasteiger partial charge on any atom is 0.147 e. The van der Waals surface area contributed by atoms with E-state index in [4.69, 9.17) is 4.74 Å². The number of methoxy groups -OCH3 is 1. The zero-order valence-electron chi connectivity index (χ0n) is 6.60. The highest BCUT2D eigenvalue weighted by molar-refractivity contribution is 9.11. The first kappa shape index (κ1) is 9.81. The smallest absolute Gasteiger partial charge is 0.147 e. The first-order chi connectivity index (χ1) is 5.69. The lowest BCUT2D eigenvalue weighted by Crippen LogP contribution is -1.86. The fourth-order valence-electron chi connectivity index (χ4n) is 0.892. The SMILES string of the molecule is C=Cc1cc(Br)c(OC)c(Br)c1. The molecule has 0 unspecified atom stereocenters. The molecule has 1 nitrogen and oxygen atoms in total. The second-order valence-electron chi connectivity index (χ2n) is 2.22. The average molecular weight is 292 g/mol. The van der Waals surface area contributed by atoms with Crippen LogP contribution >= 0.6 is 31.9 Å². The molecule has 0 amide bonds. The molecule has 1 aromatic carbocycles. The zero-order chi connectivity index (χ0) is 9.14. The van der Waals surface area contributed by atoms with Gasteiger partial charge in [0.25, 0.3) is 0 Å². The van der Waals surface area contributed by atoms with Gasteiger partial charge in [-0.15, -0.1) is 0 Å². The molecule has 3 heteroatoms. The molecule has 0 fully saturated rings. The molecule has 0 aliphatic heterocycles. The van der Waals surface area contributed by atoms with Crippen molar-refractivity contribution in [3.05, 3.63) is 33.2 Å². The molecule has 0 N–H and O–H groups in total. The minimum absolute atomic E-state index is 0.806. The number of halogens is 2. The molecule has 0 atom stereocenters. The maximum atomic E-state index is 5.15. The third-order valence-electron chi connectivity index (χ3n) is 1.46. The van der Waals surface area contributed by atoms with Crippen LogP contribution in [0.3, 0.4) is 0 Å². The minimum atomic E-state index is 0.806. The molecule has 0 heterocycles. The Balaban J connectivity index is 3.27. The van der Waals surface area contributed by atoms with Crippen molar-refractivity contribution in [1.82, 2.24) is 0 Å². The summed E-state index contributed by atoms with van der Waals surface area (Å²) in [6, 6.07) is 3.91. The Hall–Kier alpha value is -0.280. The van der Waals surface area contributed by atoms with Gasteiger partial charge in [0.1, 0.15) is 5.75 Å². The van der Waals surface area contributed by atoms with Crippen LogP contribution in [-0.4, -0.2) is 7.11 Å². The molecule has 0 spiro atoms. The molecular weight excluding hydrogens is 284 g/mol. The lowest BCUT2D eigenvalue weighted by molar-refractivity contribution is 0.409. The van der Waals surface area contributed by atoms with Gasteiger partial charge in [0, 0.05) is 0 Å². The predicted molar refractivity (Wildman–Crippen MR) is 58.5 cm³/mol. The number of benzene rings is 1. The Labute approximate surface area is 88.7 Å². The number of hydrogen-bond acceptors (Lipinski definition) is 1. The molecule has 0 saturated heterocycles. The summed E-state index contributed by atoms with van der Waals surface area (Å²) in [4.78, 5) is 0. The van der Waals surface area contributed by atoms with E-state index in [9.17, 15) is 0 Å². The van der Waals surface area contributed by atoms with E-state index in [2.05, 4.69) is 38.4 Å². The van der Waals surface area contributed by atoms with E-state index in [1.165, 1.54) is 0 Å².